The summed E-state index contributed by atoms with van der Waals surface area (Å²) in [5.74, 6) is 0.205. The number of morpholine rings is 1. The van der Waals surface area contributed by atoms with Crippen molar-refractivity contribution in [3.05, 3.63) is 35.0 Å². The topological polar surface area (TPSA) is 38.8 Å². The van der Waals surface area contributed by atoms with Crippen molar-refractivity contribution in [1.82, 2.24) is 4.90 Å². The van der Waals surface area contributed by atoms with E-state index in [9.17, 15) is 4.79 Å². The fourth-order valence-electron chi connectivity index (χ4n) is 3.26. The van der Waals surface area contributed by atoms with Gasteiger partial charge in [-0.3, -0.25) is 4.79 Å². The fourth-order valence-corrected chi connectivity index (χ4v) is 3.93. The number of rotatable bonds is 5. The van der Waals surface area contributed by atoms with Gasteiger partial charge in [-0.25, -0.2) is 0 Å². The van der Waals surface area contributed by atoms with Crippen molar-refractivity contribution in [2.24, 2.45) is 0 Å². The summed E-state index contributed by atoms with van der Waals surface area (Å²) in [6.45, 7) is 5.52. The Bertz CT molecular complexity index is 488. The monoisotopic (exact) mass is 307 g/mol. The molecule has 114 valence electrons. The summed E-state index contributed by atoms with van der Waals surface area (Å²) >= 11 is 1.63. The SMILES string of the molecule is C=CCO[C@H]1CC[C@H]2[C@H]1OCCN2C(=O)Cc1ccsc1. The standard InChI is InChI=1S/C16H21NO3S/c1-2-7-19-14-4-3-13-16(14)20-8-6-17(13)15(18)10-12-5-9-21-11-12/h2,5,9,11,13-14,16H,1,3-4,6-8,10H2/t13-,14-,16+/m0/s1. The lowest BCUT2D eigenvalue weighted by Crippen LogP contribution is -2.54. The third-order valence-electron chi connectivity index (χ3n) is 4.22. The van der Waals surface area contributed by atoms with Gasteiger partial charge in [-0.05, 0) is 35.2 Å². The lowest BCUT2D eigenvalue weighted by Gasteiger charge is -2.39. The van der Waals surface area contributed by atoms with E-state index < -0.39 is 0 Å². The summed E-state index contributed by atoms with van der Waals surface area (Å²) in [6, 6.07) is 2.19. The van der Waals surface area contributed by atoms with E-state index in [4.69, 9.17) is 9.47 Å². The summed E-state index contributed by atoms with van der Waals surface area (Å²) < 4.78 is 11.7. The number of amides is 1. The molecule has 0 spiro atoms. The highest BCUT2D eigenvalue weighted by atomic mass is 32.1. The van der Waals surface area contributed by atoms with Gasteiger partial charge in [-0.1, -0.05) is 6.08 Å². The van der Waals surface area contributed by atoms with E-state index in [1.807, 2.05) is 21.7 Å². The first kappa shape index (κ1) is 14.8. The molecule has 1 saturated heterocycles. The molecular weight excluding hydrogens is 286 g/mol. The highest BCUT2D eigenvalue weighted by Crippen LogP contribution is 2.32. The summed E-state index contributed by atoms with van der Waals surface area (Å²) in [5.41, 5.74) is 1.10. The largest absolute Gasteiger partial charge is 0.372 e. The summed E-state index contributed by atoms with van der Waals surface area (Å²) in [6.07, 6.45) is 4.27. The Morgan fingerprint density at radius 2 is 2.48 bits per heavy atom. The second-order valence-electron chi connectivity index (χ2n) is 5.54. The maximum atomic E-state index is 12.5. The zero-order valence-electron chi connectivity index (χ0n) is 12.1. The molecule has 0 bridgehead atoms. The molecule has 0 unspecified atom stereocenters. The minimum atomic E-state index is 0.0186. The number of carbonyl (C=O) groups excluding carboxylic acids is 1. The van der Waals surface area contributed by atoms with Crippen LogP contribution < -0.4 is 0 Å². The maximum Gasteiger partial charge on any atom is 0.227 e. The van der Waals surface area contributed by atoms with Crippen LogP contribution in [-0.2, 0) is 20.7 Å². The third kappa shape index (κ3) is 3.20. The van der Waals surface area contributed by atoms with Crippen molar-refractivity contribution in [1.29, 1.82) is 0 Å². The number of fused-ring (bicyclic) bond motifs is 1. The van der Waals surface area contributed by atoms with Gasteiger partial charge in [0.05, 0.1) is 31.8 Å². The molecule has 2 aliphatic rings. The smallest absolute Gasteiger partial charge is 0.227 e. The molecule has 4 nitrogen and oxygen atoms in total. The molecule has 0 aromatic carbocycles. The number of thiophene rings is 1. The van der Waals surface area contributed by atoms with Crippen LogP contribution >= 0.6 is 11.3 Å². The van der Waals surface area contributed by atoms with E-state index >= 15 is 0 Å². The van der Waals surface area contributed by atoms with Gasteiger partial charge in [-0.15, -0.1) is 6.58 Å². The average molecular weight is 307 g/mol. The summed E-state index contributed by atoms with van der Waals surface area (Å²) in [5, 5.41) is 4.06. The van der Waals surface area contributed by atoms with Gasteiger partial charge >= 0.3 is 0 Å². The molecule has 1 aromatic heterocycles. The molecule has 0 N–H and O–H groups in total. The first-order valence-corrected chi connectivity index (χ1v) is 8.38. The first-order chi connectivity index (χ1) is 10.3. The van der Waals surface area contributed by atoms with Crippen LogP contribution in [0.5, 0.6) is 0 Å². The van der Waals surface area contributed by atoms with Crippen molar-refractivity contribution in [3.8, 4) is 0 Å². The highest BCUT2D eigenvalue weighted by Gasteiger charge is 2.44. The van der Waals surface area contributed by atoms with Gasteiger partial charge in [-0.2, -0.15) is 11.3 Å². The van der Waals surface area contributed by atoms with Crippen LogP contribution in [0, 0.1) is 0 Å². The molecule has 3 rings (SSSR count). The van der Waals surface area contributed by atoms with Gasteiger partial charge in [0.1, 0.15) is 6.10 Å². The van der Waals surface area contributed by atoms with Crippen molar-refractivity contribution in [3.63, 3.8) is 0 Å². The molecule has 1 aromatic rings. The molecule has 5 heteroatoms. The minimum Gasteiger partial charge on any atom is -0.372 e. The molecule has 3 atom stereocenters. The van der Waals surface area contributed by atoms with E-state index in [-0.39, 0.29) is 24.2 Å². The Morgan fingerprint density at radius 3 is 3.24 bits per heavy atom. The Labute approximate surface area is 129 Å². The molecule has 1 aliphatic heterocycles. The second-order valence-corrected chi connectivity index (χ2v) is 6.32. The molecular formula is C16H21NO3S. The molecule has 2 fully saturated rings. The fraction of sp³-hybridized carbons (Fsp3) is 0.562. The zero-order chi connectivity index (χ0) is 14.7. The lowest BCUT2D eigenvalue weighted by molar-refractivity contribution is -0.150. The minimum absolute atomic E-state index is 0.0186. The van der Waals surface area contributed by atoms with Gasteiger partial charge in [0, 0.05) is 6.54 Å². The second kappa shape index (κ2) is 6.73. The quantitative estimate of drug-likeness (QED) is 0.783. The van der Waals surface area contributed by atoms with Crippen molar-refractivity contribution in [2.45, 2.75) is 37.5 Å². The van der Waals surface area contributed by atoms with Gasteiger partial charge in [0.15, 0.2) is 0 Å². The van der Waals surface area contributed by atoms with Crippen LogP contribution in [0.1, 0.15) is 18.4 Å². The van der Waals surface area contributed by atoms with E-state index in [0.29, 0.717) is 26.2 Å². The van der Waals surface area contributed by atoms with Crippen LogP contribution in [0.4, 0.5) is 0 Å². The Balaban J connectivity index is 1.64. The lowest BCUT2D eigenvalue weighted by atomic mass is 10.1. The number of ether oxygens (including phenoxy) is 2. The summed E-state index contributed by atoms with van der Waals surface area (Å²) in [4.78, 5) is 14.5. The normalized spacial score (nSPS) is 28.4. The number of hydrogen-bond donors (Lipinski definition) is 0. The third-order valence-corrected chi connectivity index (χ3v) is 4.95. The van der Waals surface area contributed by atoms with E-state index in [0.717, 1.165) is 18.4 Å². The van der Waals surface area contributed by atoms with Crippen LogP contribution in [-0.4, -0.2) is 48.8 Å². The van der Waals surface area contributed by atoms with E-state index in [1.54, 1.807) is 17.4 Å². The molecule has 1 aliphatic carbocycles. The van der Waals surface area contributed by atoms with Gasteiger partial charge < -0.3 is 14.4 Å². The highest BCUT2D eigenvalue weighted by molar-refractivity contribution is 7.07. The molecule has 2 heterocycles. The van der Waals surface area contributed by atoms with Crippen LogP contribution in [0.3, 0.4) is 0 Å². The van der Waals surface area contributed by atoms with Gasteiger partial charge in [0.2, 0.25) is 5.91 Å². The van der Waals surface area contributed by atoms with Crippen molar-refractivity contribution in [2.75, 3.05) is 19.8 Å². The van der Waals surface area contributed by atoms with E-state index in [2.05, 4.69) is 6.58 Å². The molecule has 0 radical (unpaired) electrons. The van der Waals surface area contributed by atoms with Crippen LogP contribution in [0.15, 0.2) is 29.5 Å². The predicted octanol–water partition coefficient (Wildman–Crippen LogP) is 2.25. The average Bonchev–Trinajstić information content (AvgIpc) is 3.14. The summed E-state index contributed by atoms with van der Waals surface area (Å²) in [7, 11) is 0. The molecule has 1 amide bonds. The predicted molar refractivity (Wildman–Crippen MR) is 82.4 cm³/mol. The van der Waals surface area contributed by atoms with Crippen molar-refractivity contribution >= 4 is 17.2 Å². The maximum absolute atomic E-state index is 12.5. The number of nitrogens with zero attached hydrogens (tertiary/aromatic N) is 1. The first-order valence-electron chi connectivity index (χ1n) is 7.44. The number of hydrogen-bond acceptors (Lipinski definition) is 4. The number of carbonyl (C=O) groups is 1. The van der Waals surface area contributed by atoms with Crippen LogP contribution in [0.25, 0.3) is 0 Å². The Morgan fingerprint density at radius 1 is 1.57 bits per heavy atom. The van der Waals surface area contributed by atoms with E-state index in [1.165, 1.54) is 0 Å². The Hall–Kier alpha value is -1.17. The molecule has 1 saturated carbocycles. The van der Waals surface area contributed by atoms with Gasteiger partial charge in [0.25, 0.3) is 0 Å². The zero-order valence-corrected chi connectivity index (χ0v) is 12.9. The Kier molecular flexibility index (Phi) is 4.73. The molecule has 21 heavy (non-hydrogen) atoms. The van der Waals surface area contributed by atoms with Crippen LogP contribution in [0.2, 0.25) is 0 Å². The van der Waals surface area contributed by atoms with Crippen molar-refractivity contribution < 1.29 is 14.3 Å².